The highest BCUT2D eigenvalue weighted by Crippen LogP contribution is 2.38. The van der Waals surface area contributed by atoms with Crippen LogP contribution >= 0.6 is 0 Å². The summed E-state index contributed by atoms with van der Waals surface area (Å²) in [5.41, 5.74) is 0.148. The van der Waals surface area contributed by atoms with Gasteiger partial charge < -0.3 is 25.8 Å². The average Bonchev–Trinajstić information content (AvgIpc) is 3.51. The molecule has 0 unspecified atom stereocenters. The van der Waals surface area contributed by atoms with Crippen LogP contribution in [0.5, 0.6) is 0 Å². The summed E-state index contributed by atoms with van der Waals surface area (Å²) in [4.78, 5) is 57.0. The molecule has 0 aliphatic carbocycles. The van der Waals surface area contributed by atoms with Gasteiger partial charge in [0.05, 0.1) is 18.0 Å². The lowest BCUT2D eigenvalue weighted by atomic mass is 9.84. The fourth-order valence-corrected chi connectivity index (χ4v) is 5.80. The number of likely N-dealkylation sites (tertiary alicyclic amines) is 2. The van der Waals surface area contributed by atoms with E-state index in [1.807, 2.05) is 77.1 Å². The van der Waals surface area contributed by atoms with E-state index in [0.717, 1.165) is 10.8 Å². The Morgan fingerprint density at radius 2 is 1.72 bits per heavy atom. The molecule has 0 aromatic heterocycles. The molecule has 39 heavy (non-hydrogen) atoms. The second-order valence-corrected chi connectivity index (χ2v) is 11.8. The van der Waals surface area contributed by atoms with Gasteiger partial charge in [-0.3, -0.25) is 14.4 Å². The van der Waals surface area contributed by atoms with Crippen LogP contribution in [-0.2, 0) is 14.4 Å². The normalized spacial score (nSPS) is 22.3. The monoisotopic (exact) mass is 535 g/mol. The zero-order valence-corrected chi connectivity index (χ0v) is 23.8. The lowest BCUT2D eigenvalue weighted by Gasteiger charge is -2.37. The van der Waals surface area contributed by atoms with Crippen molar-refractivity contribution in [3.8, 4) is 0 Å². The van der Waals surface area contributed by atoms with Gasteiger partial charge in [0.15, 0.2) is 0 Å². The molecule has 0 saturated carbocycles. The predicted octanol–water partition coefficient (Wildman–Crippen LogP) is 3.60. The Hall–Kier alpha value is -3.62. The van der Waals surface area contributed by atoms with Crippen molar-refractivity contribution in [3.63, 3.8) is 0 Å². The number of amides is 5. The zero-order valence-electron chi connectivity index (χ0n) is 23.8. The first-order valence-electron chi connectivity index (χ1n) is 13.9. The van der Waals surface area contributed by atoms with Crippen LogP contribution in [-0.4, -0.2) is 71.8 Å². The fourth-order valence-electron chi connectivity index (χ4n) is 5.80. The topological polar surface area (TPSA) is 111 Å². The zero-order chi connectivity index (χ0) is 28.5. The second kappa shape index (κ2) is 11.2. The van der Waals surface area contributed by atoms with Crippen LogP contribution in [0.15, 0.2) is 42.5 Å². The van der Waals surface area contributed by atoms with E-state index in [2.05, 4.69) is 16.0 Å². The Bertz CT molecular complexity index is 1250. The number of hydrogen-bond acceptors (Lipinski definition) is 4. The first-order valence-corrected chi connectivity index (χ1v) is 13.9. The van der Waals surface area contributed by atoms with Crippen molar-refractivity contribution in [3.05, 3.63) is 42.5 Å². The number of carbonyl (C=O) groups excluding carboxylic acids is 4. The maximum atomic E-state index is 14.1. The Kier molecular flexibility index (Phi) is 8.18. The maximum absolute atomic E-state index is 14.1. The molecular formula is C30H41N5O4. The van der Waals surface area contributed by atoms with Gasteiger partial charge in [0.2, 0.25) is 17.7 Å². The molecule has 2 saturated heterocycles. The summed E-state index contributed by atoms with van der Waals surface area (Å²) in [7, 11) is 1.57. The molecule has 2 fully saturated rings. The summed E-state index contributed by atoms with van der Waals surface area (Å²) < 4.78 is 0. The highest BCUT2D eigenvalue weighted by Gasteiger charge is 2.55. The molecule has 2 aliphatic rings. The number of urea groups is 1. The summed E-state index contributed by atoms with van der Waals surface area (Å²) >= 11 is 0. The van der Waals surface area contributed by atoms with Crippen molar-refractivity contribution in [2.24, 2.45) is 17.3 Å². The summed E-state index contributed by atoms with van der Waals surface area (Å²) in [6.45, 7) is 10.2. The van der Waals surface area contributed by atoms with Crippen LogP contribution in [0, 0.1) is 17.3 Å². The number of carbonyl (C=O) groups is 4. The molecule has 2 aromatic carbocycles. The standard InChI is InChI=1S/C30H41N5O4/c1-7-18(2)26(36)33-25(30(3,4)5)28(38)34-16-15-23-24(34)21(17-35(23)29(39)31-6)27(37)32-22-14-10-12-19-11-8-9-13-20(19)22/h8-14,18,21,23-25H,7,15-17H2,1-6H3,(H,31,39)(H,32,37)(H,33,36)/t18-,21+,23-,24-,25-/m1/s1. The molecule has 0 radical (unpaired) electrons. The van der Waals surface area contributed by atoms with E-state index in [9.17, 15) is 19.2 Å². The van der Waals surface area contributed by atoms with Gasteiger partial charge in [-0.05, 0) is 29.7 Å². The molecule has 2 aliphatic heterocycles. The Balaban J connectivity index is 1.64. The van der Waals surface area contributed by atoms with Crippen LogP contribution in [0.2, 0.25) is 0 Å². The van der Waals surface area contributed by atoms with Crippen LogP contribution in [0.25, 0.3) is 10.8 Å². The van der Waals surface area contributed by atoms with E-state index < -0.39 is 23.4 Å². The summed E-state index contributed by atoms with van der Waals surface area (Å²) in [6.07, 6.45) is 1.24. The molecule has 0 spiro atoms. The van der Waals surface area contributed by atoms with E-state index in [-0.39, 0.29) is 42.3 Å². The highest BCUT2D eigenvalue weighted by molar-refractivity contribution is 6.03. The molecule has 5 amide bonds. The Labute approximate surface area is 230 Å². The molecule has 3 N–H and O–H groups in total. The van der Waals surface area contributed by atoms with Crippen LogP contribution in [0.1, 0.15) is 47.5 Å². The second-order valence-electron chi connectivity index (χ2n) is 11.8. The van der Waals surface area contributed by atoms with Gasteiger partial charge >= 0.3 is 6.03 Å². The van der Waals surface area contributed by atoms with Crippen molar-refractivity contribution >= 4 is 40.2 Å². The van der Waals surface area contributed by atoms with E-state index in [4.69, 9.17) is 0 Å². The molecule has 9 nitrogen and oxygen atoms in total. The third-order valence-electron chi connectivity index (χ3n) is 8.23. The Morgan fingerprint density at radius 1 is 1.03 bits per heavy atom. The number of nitrogens with one attached hydrogen (secondary N) is 3. The van der Waals surface area contributed by atoms with Gasteiger partial charge in [0.25, 0.3) is 0 Å². The molecule has 0 bridgehead atoms. The fraction of sp³-hybridized carbons (Fsp3) is 0.533. The summed E-state index contributed by atoms with van der Waals surface area (Å²) in [5.74, 6) is -1.45. The van der Waals surface area contributed by atoms with E-state index in [1.165, 1.54) is 0 Å². The lowest BCUT2D eigenvalue weighted by Crippen LogP contribution is -2.58. The van der Waals surface area contributed by atoms with Gasteiger partial charge in [0.1, 0.15) is 6.04 Å². The number of nitrogens with zero attached hydrogens (tertiary/aromatic N) is 2. The smallest absolute Gasteiger partial charge is 0.317 e. The van der Waals surface area contributed by atoms with E-state index >= 15 is 0 Å². The molecular weight excluding hydrogens is 494 g/mol. The van der Waals surface area contributed by atoms with Crippen molar-refractivity contribution in [2.45, 2.75) is 65.6 Å². The molecule has 5 atom stereocenters. The quantitative estimate of drug-likeness (QED) is 0.525. The third kappa shape index (κ3) is 5.58. The van der Waals surface area contributed by atoms with Crippen LogP contribution in [0.3, 0.4) is 0 Å². The minimum absolute atomic E-state index is 0.162. The SMILES string of the molecule is CC[C@@H](C)C(=O)N[C@H](C(=O)N1CC[C@@H]2[C@H]1[C@@H](C(=O)Nc1cccc3ccccc13)CN2C(=O)NC)C(C)(C)C. The van der Waals surface area contributed by atoms with E-state index in [1.54, 1.807) is 16.8 Å². The molecule has 4 rings (SSSR count). The number of hydrogen-bond donors (Lipinski definition) is 3. The van der Waals surface area contributed by atoms with Crippen molar-refractivity contribution in [2.75, 3.05) is 25.5 Å². The van der Waals surface area contributed by atoms with Crippen LogP contribution < -0.4 is 16.0 Å². The number of fused-ring (bicyclic) bond motifs is 2. The first kappa shape index (κ1) is 28.4. The summed E-state index contributed by atoms with van der Waals surface area (Å²) in [5, 5.41) is 10.7. The number of rotatable bonds is 6. The van der Waals surface area contributed by atoms with E-state index in [0.29, 0.717) is 25.1 Å². The van der Waals surface area contributed by atoms with Crippen molar-refractivity contribution in [1.29, 1.82) is 0 Å². The summed E-state index contributed by atoms with van der Waals surface area (Å²) in [6, 6.07) is 11.8. The van der Waals surface area contributed by atoms with Gasteiger partial charge in [-0.25, -0.2) is 4.79 Å². The third-order valence-corrected chi connectivity index (χ3v) is 8.23. The molecule has 210 valence electrons. The number of anilines is 1. The van der Waals surface area contributed by atoms with Gasteiger partial charge in [0, 0.05) is 37.1 Å². The molecule has 2 heterocycles. The van der Waals surface area contributed by atoms with Gasteiger partial charge in [-0.2, -0.15) is 0 Å². The van der Waals surface area contributed by atoms with Crippen molar-refractivity contribution in [1.82, 2.24) is 20.4 Å². The maximum Gasteiger partial charge on any atom is 0.317 e. The lowest BCUT2D eigenvalue weighted by molar-refractivity contribution is -0.142. The minimum atomic E-state index is -0.756. The highest BCUT2D eigenvalue weighted by atomic mass is 16.2. The Morgan fingerprint density at radius 3 is 2.38 bits per heavy atom. The van der Waals surface area contributed by atoms with Crippen LogP contribution in [0.4, 0.5) is 10.5 Å². The number of benzene rings is 2. The molecule has 2 aromatic rings. The van der Waals surface area contributed by atoms with Crippen molar-refractivity contribution < 1.29 is 19.2 Å². The largest absolute Gasteiger partial charge is 0.344 e. The van der Waals surface area contributed by atoms with Gasteiger partial charge in [-0.15, -0.1) is 0 Å². The minimum Gasteiger partial charge on any atom is -0.344 e. The predicted molar refractivity (Wildman–Crippen MR) is 152 cm³/mol. The average molecular weight is 536 g/mol. The van der Waals surface area contributed by atoms with Gasteiger partial charge in [-0.1, -0.05) is 71.0 Å². The molecule has 9 heteroatoms. The first-order chi connectivity index (χ1) is 18.5.